The van der Waals surface area contributed by atoms with Crippen LogP contribution in [0, 0.1) is 5.92 Å². The lowest BCUT2D eigenvalue weighted by atomic mass is 10.3. The summed E-state index contributed by atoms with van der Waals surface area (Å²) in [5.41, 5.74) is 0.498. The Morgan fingerprint density at radius 2 is 2.28 bits per heavy atom. The highest BCUT2D eigenvalue weighted by molar-refractivity contribution is 5.93. The number of nitrogens with zero attached hydrogens (tertiary/aromatic N) is 1. The van der Waals surface area contributed by atoms with Crippen molar-refractivity contribution in [1.82, 2.24) is 10.3 Å². The van der Waals surface area contributed by atoms with Gasteiger partial charge in [0, 0.05) is 12.6 Å². The molecule has 2 atom stereocenters. The Hall–Kier alpha value is -1.58. The first-order valence-corrected chi connectivity index (χ1v) is 6.76. The molecule has 2 N–H and O–H groups in total. The maximum absolute atomic E-state index is 12.0. The molecular weight excluding hydrogens is 226 g/mol. The third-order valence-corrected chi connectivity index (χ3v) is 3.30. The van der Waals surface area contributed by atoms with Crippen LogP contribution in [0.25, 0.3) is 0 Å². The first-order chi connectivity index (χ1) is 8.74. The van der Waals surface area contributed by atoms with E-state index in [-0.39, 0.29) is 5.91 Å². The quantitative estimate of drug-likeness (QED) is 0.811. The van der Waals surface area contributed by atoms with Gasteiger partial charge in [-0.25, -0.2) is 4.98 Å². The van der Waals surface area contributed by atoms with Gasteiger partial charge in [0.05, 0.1) is 0 Å². The van der Waals surface area contributed by atoms with Crippen molar-refractivity contribution in [2.45, 2.75) is 39.2 Å². The third kappa shape index (κ3) is 3.22. The number of amides is 1. The predicted octanol–water partition coefficient (Wildman–Crippen LogP) is 2.43. The van der Waals surface area contributed by atoms with Gasteiger partial charge < -0.3 is 10.6 Å². The van der Waals surface area contributed by atoms with E-state index in [1.165, 1.54) is 0 Å². The third-order valence-electron chi connectivity index (χ3n) is 3.30. The van der Waals surface area contributed by atoms with Crippen molar-refractivity contribution in [2.24, 2.45) is 5.92 Å². The highest BCUT2D eigenvalue weighted by Crippen LogP contribution is 2.33. The van der Waals surface area contributed by atoms with Crippen LogP contribution in [0.2, 0.25) is 0 Å². The van der Waals surface area contributed by atoms with E-state index in [4.69, 9.17) is 0 Å². The second-order valence-electron chi connectivity index (χ2n) is 4.82. The molecule has 1 aromatic heterocycles. The average Bonchev–Trinajstić information content (AvgIpc) is 3.15. The van der Waals surface area contributed by atoms with Crippen LogP contribution >= 0.6 is 0 Å². The Labute approximate surface area is 108 Å². The fourth-order valence-corrected chi connectivity index (χ4v) is 2.03. The number of anilines is 1. The molecule has 2 unspecified atom stereocenters. The number of nitrogens with one attached hydrogen (secondary N) is 2. The Kier molecular flexibility index (Phi) is 4.18. The fourth-order valence-electron chi connectivity index (χ4n) is 2.03. The molecule has 1 amide bonds. The maximum Gasteiger partial charge on any atom is 0.270 e. The van der Waals surface area contributed by atoms with E-state index >= 15 is 0 Å². The van der Waals surface area contributed by atoms with Crippen molar-refractivity contribution in [3.8, 4) is 0 Å². The molecule has 1 heterocycles. The molecular formula is C14H21N3O. The molecule has 4 heteroatoms. The van der Waals surface area contributed by atoms with Gasteiger partial charge in [-0.2, -0.15) is 0 Å². The second kappa shape index (κ2) is 5.85. The van der Waals surface area contributed by atoms with Crippen LogP contribution in [0.4, 0.5) is 5.82 Å². The van der Waals surface area contributed by atoms with Gasteiger partial charge in [0.2, 0.25) is 0 Å². The SMILES string of the molecule is CCCNc1cccc(C(=O)NC2CC2CC)n1. The van der Waals surface area contributed by atoms with Crippen LogP contribution < -0.4 is 10.6 Å². The summed E-state index contributed by atoms with van der Waals surface area (Å²) in [6, 6.07) is 5.87. The van der Waals surface area contributed by atoms with Crippen molar-refractivity contribution in [3.05, 3.63) is 23.9 Å². The van der Waals surface area contributed by atoms with Gasteiger partial charge in [-0.05, 0) is 30.9 Å². The number of pyridine rings is 1. The minimum atomic E-state index is -0.0592. The molecule has 2 rings (SSSR count). The van der Waals surface area contributed by atoms with Crippen LogP contribution in [0.3, 0.4) is 0 Å². The molecule has 0 aliphatic heterocycles. The zero-order chi connectivity index (χ0) is 13.0. The normalized spacial score (nSPS) is 21.4. The van der Waals surface area contributed by atoms with Crippen molar-refractivity contribution < 1.29 is 4.79 Å². The van der Waals surface area contributed by atoms with E-state index in [0.29, 0.717) is 17.7 Å². The monoisotopic (exact) mass is 247 g/mol. The Morgan fingerprint density at radius 3 is 2.94 bits per heavy atom. The van der Waals surface area contributed by atoms with E-state index in [0.717, 1.165) is 31.6 Å². The number of carbonyl (C=O) groups excluding carboxylic acids is 1. The molecule has 0 radical (unpaired) electrons. The van der Waals surface area contributed by atoms with E-state index in [9.17, 15) is 4.79 Å². The summed E-state index contributed by atoms with van der Waals surface area (Å²) in [5.74, 6) is 1.37. The first-order valence-electron chi connectivity index (χ1n) is 6.76. The number of hydrogen-bond donors (Lipinski definition) is 2. The van der Waals surface area contributed by atoms with Gasteiger partial charge in [-0.15, -0.1) is 0 Å². The Bertz CT molecular complexity index is 419. The summed E-state index contributed by atoms with van der Waals surface area (Å²) in [6.45, 7) is 5.13. The standard InChI is InChI=1S/C14H21N3O/c1-3-8-15-13-7-5-6-11(16-13)14(18)17-12-9-10(12)4-2/h5-7,10,12H,3-4,8-9H2,1-2H3,(H,15,16)(H,17,18). The van der Waals surface area contributed by atoms with Crippen molar-refractivity contribution >= 4 is 11.7 Å². The fraction of sp³-hybridized carbons (Fsp3) is 0.571. The maximum atomic E-state index is 12.0. The van der Waals surface area contributed by atoms with Crippen LogP contribution in [-0.4, -0.2) is 23.5 Å². The number of hydrogen-bond acceptors (Lipinski definition) is 3. The Balaban J connectivity index is 1.93. The van der Waals surface area contributed by atoms with Crippen LogP contribution in [0.5, 0.6) is 0 Å². The van der Waals surface area contributed by atoms with Crippen molar-refractivity contribution in [2.75, 3.05) is 11.9 Å². The van der Waals surface area contributed by atoms with Crippen LogP contribution in [0.1, 0.15) is 43.6 Å². The molecule has 18 heavy (non-hydrogen) atoms. The van der Waals surface area contributed by atoms with E-state index in [2.05, 4.69) is 29.5 Å². The molecule has 1 saturated carbocycles. The molecule has 1 aromatic rings. The van der Waals surface area contributed by atoms with E-state index in [1.54, 1.807) is 6.07 Å². The summed E-state index contributed by atoms with van der Waals surface area (Å²) in [4.78, 5) is 16.3. The van der Waals surface area contributed by atoms with Crippen molar-refractivity contribution in [1.29, 1.82) is 0 Å². The lowest BCUT2D eigenvalue weighted by Gasteiger charge is -2.07. The smallest absolute Gasteiger partial charge is 0.270 e. The molecule has 0 aromatic carbocycles. The summed E-state index contributed by atoms with van der Waals surface area (Å²) >= 11 is 0. The first kappa shape index (κ1) is 12.9. The summed E-state index contributed by atoms with van der Waals surface area (Å²) in [7, 11) is 0. The molecule has 0 bridgehead atoms. The van der Waals surface area contributed by atoms with Gasteiger partial charge in [0.25, 0.3) is 5.91 Å². The van der Waals surface area contributed by atoms with Crippen molar-refractivity contribution in [3.63, 3.8) is 0 Å². The lowest BCUT2D eigenvalue weighted by molar-refractivity contribution is 0.0944. The summed E-state index contributed by atoms with van der Waals surface area (Å²) in [5, 5.41) is 6.21. The number of carbonyl (C=O) groups is 1. The van der Waals surface area contributed by atoms with Gasteiger partial charge in [-0.1, -0.05) is 26.3 Å². The molecule has 98 valence electrons. The molecule has 1 aliphatic rings. The van der Waals surface area contributed by atoms with E-state index < -0.39 is 0 Å². The van der Waals surface area contributed by atoms with E-state index in [1.807, 2.05) is 12.1 Å². The Morgan fingerprint density at radius 1 is 1.44 bits per heavy atom. The molecule has 0 saturated heterocycles. The highest BCUT2D eigenvalue weighted by atomic mass is 16.2. The summed E-state index contributed by atoms with van der Waals surface area (Å²) < 4.78 is 0. The number of aromatic nitrogens is 1. The molecule has 1 fully saturated rings. The minimum absolute atomic E-state index is 0.0592. The topological polar surface area (TPSA) is 54.0 Å². The van der Waals surface area contributed by atoms with Gasteiger partial charge >= 0.3 is 0 Å². The zero-order valence-electron chi connectivity index (χ0n) is 11.1. The largest absolute Gasteiger partial charge is 0.370 e. The second-order valence-corrected chi connectivity index (χ2v) is 4.82. The van der Waals surface area contributed by atoms with Gasteiger partial charge in [0.1, 0.15) is 11.5 Å². The molecule has 4 nitrogen and oxygen atoms in total. The highest BCUT2D eigenvalue weighted by Gasteiger charge is 2.36. The number of rotatable bonds is 6. The molecule has 0 spiro atoms. The van der Waals surface area contributed by atoms with Crippen LogP contribution in [0.15, 0.2) is 18.2 Å². The summed E-state index contributed by atoms with van der Waals surface area (Å²) in [6.07, 6.45) is 3.28. The van der Waals surface area contributed by atoms with Gasteiger partial charge in [0.15, 0.2) is 0 Å². The minimum Gasteiger partial charge on any atom is -0.370 e. The van der Waals surface area contributed by atoms with Crippen LogP contribution in [-0.2, 0) is 0 Å². The molecule has 1 aliphatic carbocycles. The zero-order valence-corrected chi connectivity index (χ0v) is 11.1. The van der Waals surface area contributed by atoms with Gasteiger partial charge in [-0.3, -0.25) is 4.79 Å². The lowest BCUT2D eigenvalue weighted by Crippen LogP contribution is -2.27. The average molecular weight is 247 g/mol. The predicted molar refractivity (Wildman–Crippen MR) is 72.7 cm³/mol.